The largest absolute Gasteiger partial charge is 0.347 e. The van der Waals surface area contributed by atoms with Crippen LogP contribution in [0.3, 0.4) is 0 Å². The van der Waals surface area contributed by atoms with Gasteiger partial charge in [0.05, 0.1) is 12.9 Å². The van der Waals surface area contributed by atoms with E-state index in [0.717, 1.165) is 0 Å². The summed E-state index contributed by atoms with van der Waals surface area (Å²) in [6, 6.07) is 0. The van der Waals surface area contributed by atoms with Crippen molar-refractivity contribution in [3.8, 4) is 0 Å². The van der Waals surface area contributed by atoms with Crippen molar-refractivity contribution in [3.63, 3.8) is 0 Å². The summed E-state index contributed by atoms with van der Waals surface area (Å²) in [5.41, 5.74) is 0.667. The molecule has 2 heterocycles. The van der Waals surface area contributed by atoms with E-state index in [9.17, 15) is 8.42 Å². The van der Waals surface area contributed by atoms with Gasteiger partial charge >= 0.3 is 0 Å². The van der Waals surface area contributed by atoms with Gasteiger partial charge in [-0.25, -0.2) is 22.8 Å². The molecule has 2 rings (SSSR count). The number of sulfonamides is 1. The van der Waals surface area contributed by atoms with Gasteiger partial charge in [-0.05, 0) is 15.9 Å². The molecule has 0 unspecified atom stereocenters. The number of hydrogen-bond donors (Lipinski definition) is 2. The van der Waals surface area contributed by atoms with E-state index in [0.29, 0.717) is 5.69 Å². The van der Waals surface area contributed by atoms with E-state index in [1.165, 1.54) is 18.1 Å². The maximum absolute atomic E-state index is 12.0. The number of hydrogen-bond acceptors (Lipinski definition) is 5. The van der Waals surface area contributed by atoms with Crippen molar-refractivity contribution in [1.82, 2.24) is 29.7 Å². The standard InChI is InChI=1S/C7H9BrN6O2S/c1-14-7(6(8)12-13-14)17(15,16)11-3-5-2-9-4-10-5/h2,4,11H,3H2,1H3,(H,9,10). The molecule has 0 fully saturated rings. The van der Waals surface area contributed by atoms with Gasteiger partial charge in [0.2, 0.25) is 5.03 Å². The van der Waals surface area contributed by atoms with Gasteiger partial charge < -0.3 is 4.98 Å². The van der Waals surface area contributed by atoms with E-state index in [4.69, 9.17) is 0 Å². The summed E-state index contributed by atoms with van der Waals surface area (Å²) >= 11 is 3.04. The predicted octanol–water partition coefficient (Wildman–Crippen LogP) is -0.221. The maximum atomic E-state index is 12.0. The van der Waals surface area contributed by atoms with Crippen LogP contribution in [0.4, 0.5) is 0 Å². The molecule has 0 radical (unpaired) electrons. The summed E-state index contributed by atoms with van der Waals surface area (Å²) < 4.78 is 27.7. The first-order valence-corrected chi connectivity index (χ1v) is 6.80. The van der Waals surface area contributed by atoms with E-state index in [1.54, 1.807) is 6.20 Å². The summed E-state index contributed by atoms with van der Waals surface area (Å²) in [6.45, 7) is 0.125. The molecule has 0 saturated carbocycles. The van der Waals surface area contributed by atoms with E-state index in [1.807, 2.05) is 0 Å². The molecule has 92 valence electrons. The Balaban J connectivity index is 2.20. The van der Waals surface area contributed by atoms with Gasteiger partial charge in [0, 0.05) is 18.9 Å². The van der Waals surface area contributed by atoms with Crippen molar-refractivity contribution in [1.29, 1.82) is 0 Å². The quantitative estimate of drug-likeness (QED) is 0.810. The Labute approximate surface area is 106 Å². The number of H-pyrrole nitrogens is 1. The first kappa shape index (κ1) is 12.2. The maximum Gasteiger partial charge on any atom is 0.260 e. The number of imidazole rings is 1. The van der Waals surface area contributed by atoms with Crippen LogP contribution in [-0.2, 0) is 23.6 Å². The molecule has 0 spiro atoms. The first-order chi connectivity index (χ1) is 8.00. The number of nitrogens with one attached hydrogen (secondary N) is 2. The summed E-state index contributed by atoms with van der Waals surface area (Å²) in [7, 11) is -2.16. The summed E-state index contributed by atoms with van der Waals surface area (Å²) in [5, 5.41) is 7.21. The van der Waals surface area contributed by atoms with Crippen LogP contribution >= 0.6 is 15.9 Å². The molecule has 0 bridgehead atoms. The van der Waals surface area contributed by atoms with Crippen LogP contribution in [0.25, 0.3) is 0 Å². The van der Waals surface area contributed by atoms with Crippen molar-refractivity contribution < 1.29 is 8.42 Å². The fourth-order valence-electron chi connectivity index (χ4n) is 1.23. The molecular weight excluding hydrogens is 312 g/mol. The molecule has 2 aromatic rings. The fraction of sp³-hybridized carbons (Fsp3) is 0.286. The minimum Gasteiger partial charge on any atom is -0.347 e. The molecule has 0 aliphatic rings. The lowest BCUT2D eigenvalue weighted by molar-refractivity contribution is 0.559. The summed E-state index contributed by atoms with van der Waals surface area (Å²) in [4.78, 5) is 6.59. The highest BCUT2D eigenvalue weighted by molar-refractivity contribution is 9.10. The van der Waals surface area contributed by atoms with Crippen molar-refractivity contribution in [2.75, 3.05) is 0 Å². The molecule has 0 aliphatic carbocycles. The molecule has 17 heavy (non-hydrogen) atoms. The SMILES string of the molecule is Cn1nnc(Br)c1S(=O)(=O)NCc1cnc[nH]1. The third-order valence-corrected chi connectivity index (χ3v) is 4.29. The molecule has 2 N–H and O–H groups in total. The van der Waals surface area contributed by atoms with Crippen molar-refractivity contribution in [3.05, 3.63) is 22.8 Å². The molecule has 0 aliphatic heterocycles. The second kappa shape index (κ2) is 4.55. The van der Waals surface area contributed by atoms with Crippen LogP contribution in [0.5, 0.6) is 0 Å². The highest BCUT2D eigenvalue weighted by Crippen LogP contribution is 2.17. The number of rotatable bonds is 4. The molecule has 2 aromatic heterocycles. The smallest absolute Gasteiger partial charge is 0.260 e. The van der Waals surface area contributed by atoms with Gasteiger partial charge in [0.15, 0.2) is 4.60 Å². The Hall–Kier alpha value is -1.26. The minimum absolute atomic E-state index is 0.0167. The second-order valence-corrected chi connectivity index (χ2v) is 5.64. The van der Waals surface area contributed by atoms with Crippen molar-refractivity contribution >= 4 is 26.0 Å². The van der Waals surface area contributed by atoms with Gasteiger partial charge in [0.1, 0.15) is 0 Å². The Morgan fingerprint density at radius 3 is 2.88 bits per heavy atom. The summed E-state index contributed by atoms with van der Waals surface area (Å²) in [6.07, 6.45) is 3.02. The lowest BCUT2D eigenvalue weighted by Gasteiger charge is -2.05. The number of halogens is 1. The van der Waals surface area contributed by atoms with Crippen molar-refractivity contribution in [2.45, 2.75) is 11.6 Å². The molecular formula is C7H9BrN6O2S. The van der Waals surface area contributed by atoms with Gasteiger partial charge in [-0.3, -0.25) is 0 Å². The summed E-state index contributed by atoms with van der Waals surface area (Å²) in [5.74, 6) is 0. The Morgan fingerprint density at radius 2 is 2.35 bits per heavy atom. The molecule has 0 atom stereocenters. The lowest BCUT2D eigenvalue weighted by Crippen LogP contribution is -2.25. The Morgan fingerprint density at radius 1 is 1.59 bits per heavy atom. The van der Waals surface area contributed by atoms with Gasteiger partial charge in [-0.2, -0.15) is 0 Å². The highest BCUT2D eigenvalue weighted by Gasteiger charge is 2.23. The molecule has 8 nitrogen and oxygen atoms in total. The van der Waals surface area contributed by atoms with E-state index < -0.39 is 10.0 Å². The third-order valence-electron chi connectivity index (χ3n) is 2.00. The van der Waals surface area contributed by atoms with Crippen LogP contribution < -0.4 is 4.72 Å². The van der Waals surface area contributed by atoms with Gasteiger partial charge in [0.25, 0.3) is 10.0 Å². The number of aromatic amines is 1. The van der Waals surface area contributed by atoms with E-state index in [-0.39, 0.29) is 16.2 Å². The Kier molecular flexibility index (Phi) is 3.26. The average molecular weight is 321 g/mol. The van der Waals surface area contributed by atoms with E-state index >= 15 is 0 Å². The zero-order valence-corrected chi connectivity index (χ0v) is 11.2. The highest BCUT2D eigenvalue weighted by atomic mass is 79.9. The average Bonchev–Trinajstić information content (AvgIpc) is 2.86. The molecule has 0 amide bonds. The minimum atomic E-state index is -3.66. The topological polar surface area (TPSA) is 106 Å². The monoisotopic (exact) mass is 320 g/mol. The normalized spacial score (nSPS) is 11.9. The predicted molar refractivity (Wildman–Crippen MR) is 61.3 cm³/mol. The third kappa shape index (κ3) is 2.53. The molecule has 0 saturated heterocycles. The fourth-order valence-corrected chi connectivity index (χ4v) is 3.33. The van der Waals surface area contributed by atoms with Crippen LogP contribution in [0.15, 0.2) is 22.2 Å². The van der Waals surface area contributed by atoms with Crippen LogP contribution in [0.2, 0.25) is 0 Å². The number of aryl methyl sites for hydroxylation is 1. The Bertz CT molecular complexity index is 585. The molecule has 10 heteroatoms. The van der Waals surface area contributed by atoms with Crippen molar-refractivity contribution in [2.24, 2.45) is 7.05 Å². The van der Waals surface area contributed by atoms with Crippen LogP contribution in [0.1, 0.15) is 5.69 Å². The number of aromatic nitrogens is 5. The first-order valence-electron chi connectivity index (χ1n) is 4.53. The van der Waals surface area contributed by atoms with Crippen LogP contribution in [0, 0.1) is 0 Å². The van der Waals surface area contributed by atoms with E-state index in [2.05, 4.69) is 40.9 Å². The van der Waals surface area contributed by atoms with Gasteiger partial charge in [-0.15, -0.1) is 5.10 Å². The zero-order chi connectivity index (χ0) is 12.5. The lowest BCUT2D eigenvalue weighted by atomic mass is 10.5. The molecule has 0 aromatic carbocycles. The van der Waals surface area contributed by atoms with Gasteiger partial charge in [-0.1, -0.05) is 5.21 Å². The number of nitrogens with zero attached hydrogens (tertiary/aromatic N) is 4. The van der Waals surface area contributed by atoms with Crippen LogP contribution in [-0.4, -0.2) is 33.4 Å². The zero-order valence-electron chi connectivity index (χ0n) is 8.75. The second-order valence-electron chi connectivity index (χ2n) is 3.21.